The van der Waals surface area contributed by atoms with Gasteiger partial charge in [0.15, 0.2) is 0 Å². The zero-order chi connectivity index (χ0) is 13.1. The van der Waals surface area contributed by atoms with Gasteiger partial charge in [0.25, 0.3) is 0 Å². The van der Waals surface area contributed by atoms with E-state index in [0.29, 0.717) is 4.99 Å². The molecule has 0 saturated carbocycles. The highest BCUT2D eigenvalue weighted by molar-refractivity contribution is 7.80. The van der Waals surface area contributed by atoms with E-state index in [0.717, 1.165) is 23.1 Å². The average molecular weight is 259 g/mol. The normalized spacial score (nSPS) is 12.8. The van der Waals surface area contributed by atoms with E-state index < -0.39 is 0 Å². The smallest absolute Gasteiger partial charge is 0.0899 e. The highest BCUT2D eigenvalue weighted by Gasteiger charge is 2.12. The molecule has 0 radical (unpaired) electrons. The maximum Gasteiger partial charge on any atom is 0.0899 e. The van der Waals surface area contributed by atoms with Gasteiger partial charge in [-0.2, -0.15) is 0 Å². The summed E-state index contributed by atoms with van der Waals surface area (Å²) in [5.41, 5.74) is 7.70. The van der Waals surface area contributed by atoms with Gasteiger partial charge in [0.2, 0.25) is 0 Å². The maximum absolute atomic E-state index is 5.65. The van der Waals surface area contributed by atoms with Crippen molar-refractivity contribution >= 4 is 28.1 Å². The van der Waals surface area contributed by atoms with Crippen LogP contribution in [0.3, 0.4) is 0 Å². The predicted molar refractivity (Wildman–Crippen MR) is 79.5 cm³/mol. The van der Waals surface area contributed by atoms with E-state index in [9.17, 15) is 0 Å². The van der Waals surface area contributed by atoms with E-state index in [1.165, 1.54) is 0 Å². The molecule has 2 N–H and O–H groups in total. The van der Waals surface area contributed by atoms with Crippen LogP contribution in [0.2, 0.25) is 0 Å². The number of hydrogen-bond donors (Lipinski definition) is 1. The first-order chi connectivity index (χ1) is 8.58. The highest BCUT2D eigenvalue weighted by atomic mass is 32.1. The van der Waals surface area contributed by atoms with Crippen molar-refractivity contribution in [1.29, 1.82) is 0 Å². The molecule has 2 aromatic rings. The average Bonchev–Trinajstić information content (AvgIpc) is 2.37. The van der Waals surface area contributed by atoms with Gasteiger partial charge in [-0.25, -0.2) is 0 Å². The Balaban J connectivity index is 2.19. The summed E-state index contributed by atoms with van der Waals surface area (Å²) in [5.74, 6) is 0. The minimum Gasteiger partial charge on any atom is -0.392 e. The number of thiocarbonyl (C=S) groups is 1. The van der Waals surface area contributed by atoms with Crippen LogP contribution in [-0.4, -0.2) is 28.0 Å². The predicted octanol–water partition coefficient (Wildman–Crippen LogP) is 2.34. The molecule has 2 rings (SSSR count). The molecule has 0 aliphatic carbocycles. The summed E-state index contributed by atoms with van der Waals surface area (Å²) in [6.07, 6.45) is 0. The van der Waals surface area contributed by atoms with Gasteiger partial charge < -0.3 is 5.73 Å². The van der Waals surface area contributed by atoms with Gasteiger partial charge >= 0.3 is 0 Å². The number of para-hydroxylation sites is 1. The van der Waals surface area contributed by atoms with Crippen LogP contribution in [0.5, 0.6) is 0 Å². The molecule has 0 fully saturated rings. The first-order valence-corrected chi connectivity index (χ1v) is 6.33. The zero-order valence-corrected chi connectivity index (χ0v) is 11.4. The minimum atomic E-state index is 0.0771. The number of rotatable bonds is 4. The Morgan fingerprint density at radius 3 is 2.78 bits per heavy atom. The quantitative estimate of drug-likeness (QED) is 0.856. The van der Waals surface area contributed by atoms with Crippen molar-refractivity contribution in [3.63, 3.8) is 0 Å². The monoisotopic (exact) mass is 259 g/mol. The summed E-state index contributed by atoms with van der Waals surface area (Å²) >= 11 is 5.00. The zero-order valence-electron chi connectivity index (χ0n) is 10.6. The number of likely N-dealkylation sites (N-methyl/N-ethyl adjacent to an activating group) is 1. The second-order valence-electron chi connectivity index (χ2n) is 4.49. The van der Waals surface area contributed by atoms with E-state index in [2.05, 4.69) is 22.0 Å². The number of pyridine rings is 1. The van der Waals surface area contributed by atoms with Crippen LogP contribution in [0, 0.1) is 0 Å². The Labute approximate surface area is 113 Å². The Morgan fingerprint density at radius 1 is 1.33 bits per heavy atom. The van der Waals surface area contributed by atoms with Crippen molar-refractivity contribution < 1.29 is 0 Å². The standard InChI is InChI=1S/C14H17N3S/c1-10(14(15)18)17(2)9-12-8-7-11-5-3-4-6-13(11)16-12/h3-8,10H,9H2,1-2H3,(H2,15,18). The number of hydrogen-bond acceptors (Lipinski definition) is 3. The van der Waals surface area contributed by atoms with Crippen molar-refractivity contribution in [3.05, 3.63) is 42.1 Å². The van der Waals surface area contributed by atoms with Gasteiger partial charge in [0.1, 0.15) is 0 Å². The van der Waals surface area contributed by atoms with Crippen molar-refractivity contribution in [2.45, 2.75) is 19.5 Å². The third-order valence-electron chi connectivity index (χ3n) is 3.14. The molecule has 1 aromatic heterocycles. The number of fused-ring (bicyclic) bond motifs is 1. The van der Waals surface area contributed by atoms with Gasteiger partial charge in [-0.15, -0.1) is 0 Å². The second-order valence-corrected chi connectivity index (χ2v) is 4.96. The van der Waals surface area contributed by atoms with Gasteiger partial charge in [-0.05, 0) is 26.1 Å². The minimum absolute atomic E-state index is 0.0771. The molecular formula is C14H17N3S. The SMILES string of the molecule is CC(C(N)=S)N(C)Cc1ccc2ccccc2n1. The Hall–Kier alpha value is -1.52. The third-order valence-corrected chi connectivity index (χ3v) is 3.48. The molecular weight excluding hydrogens is 242 g/mol. The van der Waals surface area contributed by atoms with Crippen LogP contribution in [0.25, 0.3) is 10.9 Å². The van der Waals surface area contributed by atoms with E-state index in [1.54, 1.807) is 0 Å². The molecule has 0 spiro atoms. The van der Waals surface area contributed by atoms with Gasteiger partial charge in [-0.1, -0.05) is 36.5 Å². The summed E-state index contributed by atoms with van der Waals surface area (Å²) < 4.78 is 0. The molecule has 1 unspecified atom stereocenters. The van der Waals surface area contributed by atoms with Crippen molar-refractivity contribution in [1.82, 2.24) is 9.88 Å². The maximum atomic E-state index is 5.65. The number of nitrogens with two attached hydrogens (primary N) is 1. The lowest BCUT2D eigenvalue weighted by molar-refractivity contribution is 0.301. The van der Waals surface area contributed by atoms with Crippen molar-refractivity contribution in [3.8, 4) is 0 Å². The van der Waals surface area contributed by atoms with Crippen LogP contribution >= 0.6 is 12.2 Å². The van der Waals surface area contributed by atoms with Gasteiger partial charge in [-0.3, -0.25) is 9.88 Å². The highest BCUT2D eigenvalue weighted by Crippen LogP contribution is 2.13. The topological polar surface area (TPSA) is 42.1 Å². The lowest BCUT2D eigenvalue weighted by Gasteiger charge is -2.23. The molecule has 3 nitrogen and oxygen atoms in total. The summed E-state index contributed by atoms with van der Waals surface area (Å²) in [6.45, 7) is 2.74. The Morgan fingerprint density at radius 2 is 2.06 bits per heavy atom. The van der Waals surface area contributed by atoms with Crippen LogP contribution in [0.15, 0.2) is 36.4 Å². The first-order valence-electron chi connectivity index (χ1n) is 5.92. The molecule has 0 bridgehead atoms. The summed E-state index contributed by atoms with van der Waals surface area (Å²) in [5, 5.41) is 1.16. The number of nitrogens with zero attached hydrogens (tertiary/aromatic N) is 2. The van der Waals surface area contributed by atoms with E-state index in [1.807, 2.05) is 38.2 Å². The molecule has 1 aromatic carbocycles. The molecule has 4 heteroatoms. The Bertz CT molecular complexity index is 568. The molecule has 0 aliphatic heterocycles. The molecule has 0 saturated heterocycles. The molecule has 18 heavy (non-hydrogen) atoms. The van der Waals surface area contributed by atoms with Crippen LogP contribution < -0.4 is 5.73 Å². The van der Waals surface area contributed by atoms with E-state index >= 15 is 0 Å². The molecule has 94 valence electrons. The number of aromatic nitrogens is 1. The van der Waals surface area contributed by atoms with Crippen LogP contribution in [-0.2, 0) is 6.54 Å². The van der Waals surface area contributed by atoms with Crippen molar-refractivity contribution in [2.24, 2.45) is 5.73 Å². The largest absolute Gasteiger partial charge is 0.392 e. The molecule has 0 aliphatic rings. The van der Waals surface area contributed by atoms with E-state index in [-0.39, 0.29) is 6.04 Å². The fraction of sp³-hybridized carbons (Fsp3) is 0.286. The number of benzene rings is 1. The lowest BCUT2D eigenvalue weighted by atomic mass is 10.2. The first kappa shape index (κ1) is 12.9. The molecule has 1 atom stereocenters. The fourth-order valence-corrected chi connectivity index (χ4v) is 1.99. The third kappa shape index (κ3) is 2.83. The summed E-state index contributed by atoms with van der Waals surface area (Å²) in [7, 11) is 2.00. The van der Waals surface area contributed by atoms with Gasteiger partial charge in [0.05, 0.1) is 22.2 Å². The second kappa shape index (κ2) is 5.42. The van der Waals surface area contributed by atoms with Gasteiger partial charge in [0, 0.05) is 11.9 Å². The molecule has 0 amide bonds. The Kier molecular flexibility index (Phi) is 3.89. The van der Waals surface area contributed by atoms with Crippen LogP contribution in [0.4, 0.5) is 0 Å². The van der Waals surface area contributed by atoms with Crippen LogP contribution in [0.1, 0.15) is 12.6 Å². The summed E-state index contributed by atoms with van der Waals surface area (Å²) in [6, 6.07) is 12.3. The molecule has 1 heterocycles. The fourth-order valence-electron chi connectivity index (χ4n) is 1.81. The lowest BCUT2D eigenvalue weighted by Crippen LogP contribution is -2.38. The van der Waals surface area contributed by atoms with E-state index in [4.69, 9.17) is 18.0 Å². The van der Waals surface area contributed by atoms with Crippen molar-refractivity contribution in [2.75, 3.05) is 7.05 Å². The summed E-state index contributed by atoms with van der Waals surface area (Å²) in [4.78, 5) is 7.24.